The van der Waals surface area contributed by atoms with Gasteiger partial charge in [0.15, 0.2) is 0 Å². The van der Waals surface area contributed by atoms with Gasteiger partial charge in [-0.05, 0) is 22.9 Å². The smallest absolute Gasteiger partial charge is 0.0962 e. The molecule has 2 unspecified atom stereocenters. The lowest BCUT2D eigenvalue weighted by atomic mass is 10.0. The second-order valence-electron chi connectivity index (χ2n) is 4.25. The summed E-state index contributed by atoms with van der Waals surface area (Å²) < 4.78 is 6.87. The second-order valence-corrected chi connectivity index (χ2v) is 5.79. The molecule has 1 N–H and O–H groups in total. The van der Waals surface area contributed by atoms with Crippen LogP contribution in [-0.2, 0) is 4.74 Å². The van der Waals surface area contributed by atoms with E-state index < -0.39 is 0 Å². The highest BCUT2D eigenvalue weighted by atomic mass is 35.5. The Kier molecular flexibility index (Phi) is 3.67. The number of hydrogen-bond acceptors (Lipinski definition) is 3. The van der Waals surface area contributed by atoms with Gasteiger partial charge < -0.3 is 10.1 Å². The van der Waals surface area contributed by atoms with Crippen LogP contribution in [0, 0.1) is 5.92 Å². The third-order valence-corrected chi connectivity index (χ3v) is 3.83. The molecule has 2 atom stereocenters. The minimum absolute atomic E-state index is 0.162. The maximum atomic E-state index is 6.03. The maximum absolute atomic E-state index is 6.03. The number of morpholine rings is 1. The molecule has 2 rings (SSSR count). The molecule has 1 aromatic rings. The average Bonchev–Trinajstić information content (AvgIpc) is 2.65. The zero-order chi connectivity index (χ0) is 10.8. The van der Waals surface area contributed by atoms with Crippen molar-refractivity contribution in [1.29, 1.82) is 0 Å². The van der Waals surface area contributed by atoms with Crippen molar-refractivity contribution in [2.75, 3.05) is 13.1 Å². The van der Waals surface area contributed by atoms with E-state index >= 15 is 0 Å². The Hall–Kier alpha value is -0.0900. The predicted octanol–water partition coefficient (Wildman–Crippen LogP) is 3.09. The van der Waals surface area contributed by atoms with Crippen LogP contribution in [0.5, 0.6) is 0 Å². The van der Waals surface area contributed by atoms with E-state index in [1.807, 2.05) is 6.07 Å². The first-order valence-corrected chi connectivity index (χ1v) is 6.52. The first-order valence-electron chi connectivity index (χ1n) is 5.27. The van der Waals surface area contributed by atoms with Gasteiger partial charge in [0.25, 0.3) is 0 Å². The van der Waals surface area contributed by atoms with Crippen molar-refractivity contribution in [2.24, 2.45) is 5.92 Å². The molecule has 1 aliphatic heterocycles. The van der Waals surface area contributed by atoms with Crippen LogP contribution in [0.3, 0.4) is 0 Å². The number of nitrogens with one attached hydrogen (secondary N) is 1. The summed E-state index contributed by atoms with van der Waals surface area (Å²) in [6.07, 6.45) is 0.470. The zero-order valence-corrected chi connectivity index (χ0v) is 10.6. The normalized spacial score (nSPS) is 27.2. The Morgan fingerprint density at radius 3 is 2.93 bits per heavy atom. The largest absolute Gasteiger partial charge is 0.367 e. The molecule has 15 heavy (non-hydrogen) atoms. The van der Waals surface area contributed by atoms with E-state index in [9.17, 15) is 0 Å². The van der Waals surface area contributed by atoms with Gasteiger partial charge in [0, 0.05) is 13.1 Å². The molecular formula is C11H16ClNOS. The van der Waals surface area contributed by atoms with Crippen LogP contribution in [0.1, 0.15) is 25.5 Å². The third kappa shape index (κ3) is 2.72. The molecule has 0 radical (unpaired) electrons. The molecule has 0 bridgehead atoms. The summed E-state index contributed by atoms with van der Waals surface area (Å²) in [5.41, 5.74) is 1.20. The van der Waals surface area contributed by atoms with Crippen LogP contribution in [0.4, 0.5) is 0 Å². The molecule has 2 heterocycles. The SMILES string of the molecule is CC(C)C1CNCC(c2csc(Cl)c2)O1. The molecule has 0 aromatic carbocycles. The highest BCUT2D eigenvalue weighted by Gasteiger charge is 2.25. The second kappa shape index (κ2) is 4.83. The summed E-state index contributed by atoms with van der Waals surface area (Å²) in [5, 5.41) is 5.49. The number of rotatable bonds is 2. The molecule has 0 aliphatic carbocycles. The van der Waals surface area contributed by atoms with E-state index in [2.05, 4.69) is 24.5 Å². The Labute approximate surface area is 99.6 Å². The molecule has 1 aromatic heterocycles. The standard InChI is InChI=1S/C11H16ClNOS/c1-7(2)9-4-13-5-10(14-9)8-3-11(12)15-6-8/h3,6-7,9-10,13H,4-5H2,1-2H3. The van der Waals surface area contributed by atoms with Crippen molar-refractivity contribution >= 4 is 22.9 Å². The molecule has 1 aliphatic rings. The molecule has 0 saturated carbocycles. The van der Waals surface area contributed by atoms with Gasteiger partial charge in [-0.3, -0.25) is 0 Å². The van der Waals surface area contributed by atoms with E-state index in [0.717, 1.165) is 17.4 Å². The summed E-state index contributed by atoms with van der Waals surface area (Å²) in [7, 11) is 0. The first-order chi connectivity index (χ1) is 7.16. The summed E-state index contributed by atoms with van der Waals surface area (Å²) in [6, 6.07) is 2.00. The van der Waals surface area contributed by atoms with Gasteiger partial charge in [-0.2, -0.15) is 0 Å². The van der Waals surface area contributed by atoms with Crippen molar-refractivity contribution in [3.63, 3.8) is 0 Å². The Bertz CT molecular complexity index is 326. The van der Waals surface area contributed by atoms with E-state index in [1.54, 1.807) is 11.3 Å². The van der Waals surface area contributed by atoms with Crippen LogP contribution in [0.15, 0.2) is 11.4 Å². The van der Waals surface area contributed by atoms with E-state index in [-0.39, 0.29) is 6.10 Å². The highest BCUT2D eigenvalue weighted by Crippen LogP contribution is 2.29. The third-order valence-electron chi connectivity index (χ3n) is 2.72. The van der Waals surface area contributed by atoms with Crippen molar-refractivity contribution in [3.8, 4) is 0 Å². The van der Waals surface area contributed by atoms with Crippen molar-refractivity contribution in [3.05, 3.63) is 21.3 Å². The summed E-state index contributed by atoms with van der Waals surface area (Å²) in [4.78, 5) is 0. The maximum Gasteiger partial charge on any atom is 0.0962 e. The lowest BCUT2D eigenvalue weighted by Crippen LogP contribution is -2.42. The van der Waals surface area contributed by atoms with Crippen LogP contribution >= 0.6 is 22.9 Å². The molecule has 84 valence electrons. The number of hydrogen-bond donors (Lipinski definition) is 1. The van der Waals surface area contributed by atoms with E-state index in [4.69, 9.17) is 16.3 Å². The van der Waals surface area contributed by atoms with Crippen LogP contribution in [-0.4, -0.2) is 19.2 Å². The Balaban J connectivity index is 2.04. The zero-order valence-electron chi connectivity index (χ0n) is 9.00. The summed E-state index contributed by atoms with van der Waals surface area (Å²) in [6.45, 7) is 6.22. The molecule has 2 nitrogen and oxygen atoms in total. The minimum Gasteiger partial charge on any atom is -0.367 e. The monoisotopic (exact) mass is 245 g/mol. The van der Waals surface area contributed by atoms with E-state index in [1.165, 1.54) is 5.56 Å². The molecule has 0 amide bonds. The van der Waals surface area contributed by atoms with Gasteiger partial charge in [0.2, 0.25) is 0 Å². The fraction of sp³-hybridized carbons (Fsp3) is 0.636. The van der Waals surface area contributed by atoms with Crippen molar-refractivity contribution < 1.29 is 4.74 Å². The van der Waals surface area contributed by atoms with Gasteiger partial charge >= 0.3 is 0 Å². The number of thiophene rings is 1. The van der Waals surface area contributed by atoms with Gasteiger partial charge in [-0.15, -0.1) is 11.3 Å². The first kappa shape index (κ1) is 11.4. The fourth-order valence-corrected chi connectivity index (χ4v) is 2.68. The minimum atomic E-state index is 0.162. The number of halogens is 1. The number of ether oxygens (including phenoxy) is 1. The van der Waals surface area contributed by atoms with Gasteiger partial charge in [-0.25, -0.2) is 0 Å². The van der Waals surface area contributed by atoms with Crippen molar-refractivity contribution in [2.45, 2.75) is 26.1 Å². The predicted molar refractivity (Wildman–Crippen MR) is 64.7 cm³/mol. The van der Waals surface area contributed by atoms with Crippen molar-refractivity contribution in [1.82, 2.24) is 5.32 Å². The lowest BCUT2D eigenvalue weighted by Gasteiger charge is -2.32. The molecular weight excluding hydrogens is 230 g/mol. The average molecular weight is 246 g/mol. The molecule has 1 saturated heterocycles. The molecule has 0 spiro atoms. The fourth-order valence-electron chi connectivity index (χ4n) is 1.75. The molecule has 1 fully saturated rings. The van der Waals surface area contributed by atoms with Gasteiger partial charge in [0.1, 0.15) is 0 Å². The van der Waals surface area contributed by atoms with E-state index in [0.29, 0.717) is 12.0 Å². The topological polar surface area (TPSA) is 21.3 Å². The van der Waals surface area contributed by atoms with Gasteiger partial charge in [0.05, 0.1) is 16.5 Å². The Morgan fingerprint density at radius 1 is 1.53 bits per heavy atom. The van der Waals surface area contributed by atoms with Gasteiger partial charge in [-0.1, -0.05) is 25.4 Å². The Morgan fingerprint density at radius 2 is 2.33 bits per heavy atom. The summed E-state index contributed by atoms with van der Waals surface area (Å²) in [5.74, 6) is 0.550. The van der Waals surface area contributed by atoms with Crippen LogP contribution < -0.4 is 5.32 Å². The van der Waals surface area contributed by atoms with Crippen LogP contribution in [0.25, 0.3) is 0 Å². The molecule has 4 heteroatoms. The lowest BCUT2D eigenvalue weighted by molar-refractivity contribution is -0.0601. The van der Waals surface area contributed by atoms with Crippen LogP contribution in [0.2, 0.25) is 4.34 Å². The highest BCUT2D eigenvalue weighted by molar-refractivity contribution is 7.14. The summed E-state index contributed by atoms with van der Waals surface area (Å²) >= 11 is 7.49. The quantitative estimate of drug-likeness (QED) is 0.865.